The molecular weight excluding hydrogens is 392 g/mol. The first kappa shape index (κ1) is 18.7. The summed E-state index contributed by atoms with van der Waals surface area (Å²) in [7, 11) is 0. The number of furan rings is 1. The molecule has 0 saturated carbocycles. The molecule has 2 heterocycles. The topological polar surface area (TPSA) is 123 Å². The molecule has 138 valence electrons. The molecule has 1 fully saturated rings. The number of carboxylic acids is 1. The Morgan fingerprint density at radius 2 is 2.15 bits per heavy atom. The zero-order valence-corrected chi connectivity index (χ0v) is 15.1. The van der Waals surface area contributed by atoms with Crippen molar-refractivity contribution in [3.63, 3.8) is 0 Å². The van der Waals surface area contributed by atoms with E-state index in [9.17, 15) is 19.5 Å². The summed E-state index contributed by atoms with van der Waals surface area (Å²) in [6.45, 7) is -0.338. The number of hydrogen-bond acceptors (Lipinski definition) is 7. The van der Waals surface area contributed by atoms with Gasteiger partial charge in [0.2, 0.25) is 5.91 Å². The first-order valence-electron chi connectivity index (χ1n) is 7.48. The van der Waals surface area contributed by atoms with Crippen LogP contribution < -0.4 is 10.4 Å². The van der Waals surface area contributed by atoms with E-state index in [1.807, 2.05) is 0 Å². The van der Waals surface area contributed by atoms with Gasteiger partial charge < -0.3 is 19.9 Å². The van der Waals surface area contributed by atoms with Crippen molar-refractivity contribution < 1.29 is 29.0 Å². The van der Waals surface area contributed by atoms with Crippen LogP contribution in [0.2, 0.25) is 0 Å². The number of aromatic carboxylic acids is 1. The number of thioether (sulfide) groups is 1. The van der Waals surface area contributed by atoms with E-state index in [0.717, 1.165) is 28.8 Å². The number of thiocarbonyl (C=S) groups is 1. The summed E-state index contributed by atoms with van der Waals surface area (Å²) in [6.07, 6.45) is 3.01. The van der Waals surface area contributed by atoms with Gasteiger partial charge in [0, 0.05) is 11.8 Å². The van der Waals surface area contributed by atoms with Crippen molar-refractivity contribution in [2.24, 2.45) is 0 Å². The summed E-state index contributed by atoms with van der Waals surface area (Å²) in [5, 5.41) is 23.0. The van der Waals surface area contributed by atoms with Crippen molar-refractivity contribution in [2.45, 2.75) is 0 Å². The molecule has 3 rings (SSSR count). The molecule has 2 N–H and O–H groups in total. The van der Waals surface area contributed by atoms with Crippen molar-refractivity contribution in [3.05, 3.63) is 52.8 Å². The van der Waals surface area contributed by atoms with Crippen LogP contribution in [0.4, 0.5) is 5.69 Å². The third-order valence-corrected chi connectivity index (χ3v) is 4.87. The molecule has 0 spiro atoms. The van der Waals surface area contributed by atoms with E-state index in [0.29, 0.717) is 10.7 Å². The maximum absolute atomic E-state index is 12.4. The largest absolute Gasteiger partial charge is 0.872 e. The molecule has 2 amide bonds. The van der Waals surface area contributed by atoms with Gasteiger partial charge in [0.05, 0.1) is 16.7 Å². The van der Waals surface area contributed by atoms with Crippen molar-refractivity contribution >= 4 is 57.8 Å². The van der Waals surface area contributed by atoms with Gasteiger partial charge in [0.1, 0.15) is 16.6 Å². The first-order valence-corrected chi connectivity index (χ1v) is 8.70. The second-order valence-electron chi connectivity index (χ2n) is 5.35. The second-order valence-corrected chi connectivity index (χ2v) is 7.02. The number of carbonyl (C=O) groups excluding carboxylic acids is 2. The Morgan fingerprint density at radius 3 is 2.78 bits per heavy atom. The molecule has 0 unspecified atom stereocenters. The lowest BCUT2D eigenvalue weighted by molar-refractivity contribution is -0.268. The monoisotopic (exact) mass is 403 g/mol. The summed E-state index contributed by atoms with van der Waals surface area (Å²) < 4.78 is 5.38. The number of benzene rings is 1. The van der Waals surface area contributed by atoms with Gasteiger partial charge in [-0.1, -0.05) is 29.7 Å². The van der Waals surface area contributed by atoms with Gasteiger partial charge in [-0.3, -0.25) is 14.5 Å². The molecular formula is C17H11N2O6S2-. The summed E-state index contributed by atoms with van der Waals surface area (Å²) >= 11 is 6.19. The van der Waals surface area contributed by atoms with E-state index < -0.39 is 29.1 Å². The molecule has 1 aromatic carbocycles. The van der Waals surface area contributed by atoms with E-state index in [4.69, 9.17) is 21.7 Å². The van der Waals surface area contributed by atoms with Crippen LogP contribution in [0.3, 0.4) is 0 Å². The highest BCUT2D eigenvalue weighted by molar-refractivity contribution is 8.26. The lowest BCUT2D eigenvalue weighted by atomic mass is 10.2. The predicted molar refractivity (Wildman–Crippen MR) is 100 cm³/mol. The molecule has 1 aliphatic rings. The summed E-state index contributed by atoms with van der Waals surface area (Å²) in [5.74, 6) is -2.59. The molecule has 10 heteroatoms. The summed E-state index contributed by atoms with van der Waals surface area (Å²) in [5.41, 5.74) is -0.264. The van der Waals surface area contributed by atoms with Gasteiger partial charge in [-0.05, 0) is 30.3 Å². The van der Waals surface area contributed by atoms with Crippen molar-refractivity contribution in [1.29, 1.82) is 0 Å². The van der Waals surface area contributed by atoms with Crippen LogP contribution in [0.15, 0.2) is 45.9 Å². The maximum Gasteiger partial charge on any atom is 0.335 e. The van der Waals surface area contributed by atoms with Crippen molar-refractivity contribution in [1.82, 2.24) is 4.90 Å². The standard InChI is InChI=1S/C17H12N2O6S2/c20-12-6-9(3-4-11(12)16(23)24)18-14(21)8-19-15(22)13(27-17(19)26)7-10-2-1-5-25-10/h1-7,20H,8H2,(H,18,21)(H,23,24)/p-1/b13-7-. The minimum Gasteiger partial charge on any atom is -0.872 e. The van der Waals surface area contributed by atoms with Gasteiger partial charge in [0.15, 0.2) is 0 Å². The van der Waals surface area contributed by atoms with Gasteiger partial charge in [-0.2, -0.15) is 0 Å². The minimum atomic E-state index is -1.35. The number of nitrogens with zero attached hydrogens (tertiary/aromatic N) is 1. The fourth-order valence-corrected chi connectivity index (χ4v) is 3.49. The normalized spacial score (nSPS) is 15.4. The quantitative estimate of drug-likeness (QED) is 0.573. The number of hydrogen-bond donors (Lipinski definition) is 2. The van der Waals surface area contributed by atoms with Gasteiger partial charge in [-0.15, -0.1) is 0 Å². The highest BCUT2D eigenvalue weighted by Crippen LogP contribution is 2.32. The average molecular weight is 403 g/mol. The lowest BCUT2D eigenvalue weighted by Crippen LogP contribution is -2.36. The molecule has 0 bridgehead atoms. The SMILES string of the molecule is O=C(CN1C(=O)/C(=C/c2ccco2)SC1=S)Nc1ccc(C(=O)O)c([O-])c1. The third-order valence-electron chi connectivity index (χ3n) is 3.49. The molecule has 1 saturated heterocycles. The van der Waals surface area contributed by atoms with E-state index >= 15 is 0 Å². The Balaban J connectivity index is 1.67. The fraction of sp³-hybridized carbons (Fsp3) is 0.0588. The van der Waals surface area contributed by atoms with Crippen LogP contribution in [0.25, 0.3) is 6.08 Å². The van der Waals surface area contributed by atoms with E-state index in [-0.39, 0.29) is 16.6 Å². The molecule has 1 aliphatic heterocycles. The van der Waals surface area contributed by atoms with Gasteiger partial charge in [-0.25, -0.2) is 4.79 Å². The highest BCUT2D eigenvalue weighted by atomic mass is 32.2. The Hall–Kier alpha value is -3.11. The Bertz CT molecular complexity index is 968. The van der Waals surface area contributed by atoms with Crippen LogP contribution in [-0.2, 0) is 9.59 Å². The molecule has 2 aromatic rings. The second kappa shape index (κ2) is 7.64. The molecule has 0 aliphatic carbocycles. The van der Waals surface area contributed by atoms with Crippen molar-refractivity contribution in [3.8, 4) is 5.75 Å². The molecule has 0 radical (unpaired) electrons. The third kappa shape index (κ3) is 4.18. The fourth-order valence-electron chi connectivity index (χ4n) is 2.26. The van der Waals surface area contributed by atoms with Crippen LogP contribution in [0, 0.1) is 0 Å². The Labute approximate surface area is 162 Å². The number of rotatable bonds is 5. The van der Waals surface area contributed by atoms with Gasteiger partial charge >= 0.3 is 5.97 Å². The molecule has 1 aromatic heterocycles. The molecule has 27 heavy (non-hydrogen) atoms. The zero-order valence-electron chi connectivity index (χ0n) is 13.5. The number of carbonyl (C=O) groups is 3. The Kier molecular flexibility index (Phi) is 5.28. The minimum absolute atomic E-state index is 0.131. The predicted octanol–water partition coefficient (Wildman–Crippen LogP) is 1.89. The number of anilines is 1. The summed E-state index contributed by atoms with van der Waals surface area (Å²) in [6, 6.07) is 6.76. The van der Waals surface area contributed by atoms with Crippen molar-refractivity contribution in [2.75, 3.05) is 11.9 Å². The Morgan fingerprint density at radius 1 is 1.37 bits per heavy atom. The molecule has 8 nitrogen and oxygen atoms in total. The van der Waals surface area contributed by atoms with Crippen LogP contribution in [-0.4, -0.2) is 38.7 Å². The van der Waals surface area contributed by atoms with E-state index in [1.165, 1.54) is 18.4 Å². The highest BCUT2D eigenvalue weighted by Gasteiger charge is 2.33. The van der Waals surface area contributed by atoms with E-state index in [2.05, 4.69) is 5.32 Å². The van der Waals surface area contributed by atoms with Crippen LogP contribution >= 0.6 is 24.0 Å². The zero-order chi connectivity index (χ0) is 19.6. The first-order chi connectivity index (χ1) is 12.8. The van der Waals surface area contributed by atoms with E-state index in [1.54, 1.807) is 12.1 Å². The van der Waals surface area contributed by atoms with Crippen LogP contribution in [0.5, 0.6) is 5.75 Å². The van der Waals surface area contributed by atoms with Crippen LogP contribution in [0.1, 0.15) is 16.1 Å². The molecule has 0 atom stereocenters. The lowest BCUT2D eigenvalue weighted by Gasteiger charge is -2.16. The van der Waals surface area contributed by atoms with Gasteiger partial charge in [0.25, 0.3) is 5.91 Å². The number of amides is 2. The number of nitrogens with one attached hydrogen (secondary N) is 1. The average Bonchev–Trinajstić information content (AvgIpc) is 3.19. The summed E-state index contributed by atoms with van der Waals surface area (Å²) in [4.78, 5) is 36.9. The number of carboxylic acid groups (broad SMARTS) is 1. The maximum atomic E-state index is 12.4. The smallest absolute Gasteiger partial charge is 0.335 e.